The van der Waals surface area contributed by atoms with E-state index < -0.39 is 6.10 Å². The zero-order chi connectivity index (χ0) is 12.8. The highest BCUT2D eigenvalue weighted by Crippen LogP contribution is 2.12. The van der Waals surface area contributed by atoms with Crippen LogP contribution in [0.4, 0.5) is 0 Å². The maximum absolute atomic E-state index is 11.3. The van der Waals surface area contributed by atoms with Gasteiger partial charge in [0.05, 0.1) is 27.2 Å². The SMILES string of the molecule is COC(=O)CC(C)N1CCOC(C(=O)OC)C1. The van der Waals surface area contributed by atoms with Gasteiger partial charge in [0.15, 0.2) is 6.10 Å². The molecule has 0 spiro atoms. The van der Waals surface area contributed by atoms with Crippen molar-refractivity contribution in [1.29, 1.82) is 0 Å². The van der Waals surface area contributed by atoms with Crippen LogP contribution in [0.3, 0.4) is 0 Å². The van der Waals surface area contributed by atoms with E-state index in [1.807, 2.05) is 11.8 Å². The summed E-state index contributed by atoms with van der Waals surface area (Å²) in [5.74, 6) is -0.626. The summed E-state index contributed by atoms with van der Waals surface area (Å²) in [6.07, 6.45) is -0.251. The molecule has 1 rings (SSSR count). The van der Waals surface area contributed by atoms with E-state index >= 15 is 0 Å². The lowest BCUT2D eigenvalue weighted by Crippen LogP contribution is -2.50. The third-order valence-corrected chi connectivity index (χ3v) is 2.88. The summed E-state index contributed by atoms with van der Waals surface area (Å²) in [7, 11) is 2.70. The first-order chi connectivity index (χ1) is 8.08. The lowest BCUT2D eigenvalue weighted by Gasteiger charge is -2.35. The number of hydrogen-bond donors (Lipinski definition) is 0. The summed E-state index contributed by atoms with van der Waals surface area (Å²) in [5.41, 5.74) is 0. The van der Waals surface area contributed by atoms with Crippen molar-refractivity contribution in [2.24, 2.45) is 0 Å². The van der Waals surface area contributed by atoms with E-state index in [4.69, 9.17) is 4.74 Å². The average Bonchev–Trinajstić information content (AvgIpc) is 2.37. The molecule has 0 radical (unpaired) electrons. The number of ether oxygens (including phenoxy) is 3. The zero-order valence-corrected chi connectivity index (χ0v) is 10.5. The quantitative estimate of drug-likeness (QED) is 0.640. The Morgan fingerprint density at radius 3 is 2.71 bits per heavy atom. The normalized spacial score (nSPS) is 22.9. The molecule has 0 N–H and O–H groups in total. The van der Waals surface area contributed by atoms with Gasteiger partial charge in [0, 0.05) is 19.1 Å². The lowest BCUT2D eigenvalue weighted by molar-refractivity contribution is -0.161. The first-order valence-electron chi connectivity index (χ1n) is 5.58. The molecule has 0 saturated carbocycles. The minimum absolute atomic E-state index is 0.0264. The zero-order valence-electron chi connectivity index (χ0n) is 10.5. The molecule has 17 heavy (non-hydrogen) atoms. The number of methoxy groups -OCH3 is 2. The lowest BCUT2D eigenvalue weighted by atomic mass is 10.1. The minimum Gasteiger partial charge on any atom is -0.469 e. The van der Waals surface area contributed by atoms with Crippen LogP contribution in [0.5, 0.6) is 0 Å². The van der Waals surface area contributed by atoms with Gasteiger partial charge in [-0.3, -0.25) is 9.69 Å². The van der Waals surface area contributed by atoms with Crippen LogP contribution >= 0.6 is 0 Å². The van der Waals surface area contributed by atoms with E-state index in [1.54, 1.807) is 0 Å². The van der Waals surface area contributed by atoms with Crippen LogP contribution in [0, 0.1) is 0 Å². The van der Waals surface area contributed by atoms with Gasteiger partial charge in [0.2, 0.25) is 0 Å². The number of carbonyl (C=O) groups is 2. The molecule has 0 aromatic rings. The molecule has 0 aliphatic carbocycles. The van der Waals surface area contributed by atoms with E-state index in [-0.39, 0.29) is 18.0 Å². The van der Waals surface area contributed by atoms with Crippen LogP contribution in [-0.4, -0.2) is 62.9 Å². The number of morpholine rings is 1. The van der Waals surface area contributed by atoms with Gasteiger partial charge in [-0.25, -0.2) is 4.79 Å². The van der Waals surface area contributed by atoms with E-state index in [2.05, 4.69) is 9.47 Å². The van der Waals surface area contributed by atoms with Gasteiger partial charge in [-0.15, -0.1) is 0 Å². The number of hydrogen-bond acceptors (Lipinski definition) is 6. The molecule has 0 amide bonds. The first kappa shape index (κ1) is 13.9. The highest BCUT2D eigenvalue weighted by Gasteiger charge is 2.30. The van der Waals surface area contributed by atoms with Crippen molar-refractivity contribution in [3.8, 4) is 0 Å². The third kappa shape index (κ3) is 3.98. The largest absolute Gasteiger partial charge is 0.469 e. The standard InChI is InChI=1S/C11H19NO5/c1-8(6-10(13)15-2)12-4-5-17-9(7-12)11(14)16-3/h8-9H,4-7H2,1-3H3. The molecular formula is C11H19NO5. The van der Waals surface area contributed by atoms with Gasteiger partial charge in [0.1, 0.15) is 0 Å². The van der Waals surface area contributed by atoms with Gasteiger partial charge in [-0.05, 0) is 6.92 Å². The van der Waals surface area contributed by atoms with Gasteiger partial charge in [0.25, 0.3) is 0 Å². The fraction of sp³-hybridized carbons (Fsp3) is 0.818. The minimum atomic E-state index is -0.561. The molecular weight excluding hydrogens is 226 g/mol. The molecule has 2 atom stereocenters. The fourth-order valence-corrected chi connectivity index (χ4v) is 1.80. The Balaban J connectivity index is 2.48. The fourth-order valence-electron chi connectivity index (χ4n) is 1.80. The Hall–Kier alpha value is -1.14. The Bertz CT molecular complexity index is 281. The Kier molecular flexibility index (Phi) is 5.37. The average molecular weight is 245 g/mol. The summed E-state index contributed by atoms with van der Waals surface area (Å²) in [6, 6.07) is 0.0264. The second-order valence-corrected chi connectivity index (χ2v) is 4.01. The van der Waals surface area contributed by atoms with Gasteiger partial charge < -0.3 is 14.2 Å². The van der Waals surface area contributed by atoms with E-state index in [1.165, 1.54) is 14.2 Å². The van der Waals surface area contributed by atoms with E-state index in [9.17, 15) is 9.59 Å². The van der Waals surface area contributed by atoms with Crippen LogP contribution in [0.2, 0.25) is 0 Å². The van der Waals surface area contributed by atoms with Gasteiger partial charge in [-0.2, -0.15) is 0 Å². The predicted octanol–water partition coefficient (Wildman–Crippen LogP) is -0.188. The molecule has 0 aromatic carbocycles. The summed E-state index contributed by atoms with van der Waals surface area (Å²) in [6.45, 7) is 3.54. The van der Waals surface area contributed by atoms with Gasteiger partial charge in [-0.1, -0.05) is 0 Å². The summed E-state index contributed by atoms with van der Waals surface area (Å²) >= 11 is 0. The van der Waals surface area contributed by atoms with Crippen molar-refractivity contribution in [2.75, 3.05) is 33.9 Å². The number of esters is 2. The van der Waals surface area contributed by atoms with Crippen LogP contribution in [0.25, 0.3) is 0 Å². The van der Waals surface area contributed by atoms with Crippen LogP contribution < -0.4 is 0 Å². The van der Waals surface area contributed by atoms with Gasteiger partial charge >= 0.3 is 11.9 Å². The predicted molar refractivity (Wildman–Crippen MR) is 59.4 cm³/mol. The highest BCUT2D eigenvalue weighted by molar-refractivity contribution is 5.75. The molecule has 6 heteroatoms. The Morgan fingerprint density at radius 1 is 1.41 bits per heavy atom. The van der Waals surface area contributed by atoms with Crippen LogP contribution in [0.15, 0.2) is 0 Å². The highest BCUT2D eigenvalue weighted by atomic mass is 16.6. The van der Waals surface area contributed by atoms with Crippen molar-refractivity contribution < 1.29 is 23.8 Å². The maximum atomic E-state index is 11.3. The summed E-state index contributed by atoms with van der Waals surface area (Å²) in [5, 5.41) is 0. The third-order valence-electron chi connectivity index (χ3n) is 2.88. The number of carbonyl (C=O) groups excluding carboxylic acids is 2. The van der Waals surface area contributed by atoms with Crippen LogP contribution in [-0.2, 0) is 23.8 Å². The molecule has 6 nitrogen and oxygen atoms in total. The van der Waals surface area contributed by atoms with Crippen molar-refractivity contribution in [3.05, 3.63) is 0 Å². The van der Waals surface area contributed by atoms with Crippen molar-refractivity contribution in [3.63, 3.8) is 0 Å². The molecule has 0 aromatic heterocycles. The van der Waals surface area contributed by atoms with Crippen LogP contribution in [0.1, 0.15) is 13.3 Å². The molecule has 2 unspecified atom stereocenters. The summed E-state index contributed by atoms with van der Waals surface area (Å²) in [4.78, 5) is 24.5. The number of nitrogens with zero attached hydrogens (tertiary/aromatic N) is 1. The monoisotopic (exact) mass is 245 g/mol. The smallest absolute Gasteiger partial charge is 0.336 e. The van der Waals surface area contributed by atoms with E-state index in [0.717, 1.165) is 0 Å². The Morgan fingerprint density at radius 2 is 2.12 bits per heavy atom. The van der Waals surface area contributed by atoms with Crippen molar-refractivity contribution in [1.82, 2.24) is 4.90 Å². The topological polar surface area (TPSA) is 65.1 Å². The molecule has 1 heterocycles. The second-order valence-electron chi connectivity index (χ2n) is 4.01. The summed E-state index contributed by atoms with van der Waals surface area (Å²) < 4.78 is 14.6. The first-order valence-corrected chi connectivity index (χ1v) is 5.58. The van der Waals surface area contributed by atoms with Crippen molar-refractivity contribution in [2.45, 2.75) is 25.5 Å². The molecule has 1 aliphatic rings. The van der Waals surface area contributed by atoms with Crippen molar-refractivity contribution >= 4 is 11.9 Å². The second kappa shape index (κ2) is 6.56. The molecule has 1 saturated heterocycles. The Labute approximate surface area is 101 Å². The maximum Gasteiger partial charge on any atom is 0.336 e. The molecule has 1 aliphatic heterocycles. The molecule has 1 fully saturated rings. The molecule has 0 bridgehead atoms. The number of rotatable bonds is 4. The van der Waals surface area contributed by atoms with E-state index in [0.29, 0.717) is 26.1 Å². The molecule has 98 valence electrons.